The molecule has 0 fully saturated rings. The van der Waals surface area contributed by atoms with Crippen LogP contribution in [0.15, 0.2) is 24.8 Å². The number of rotatable bonds is 11. The molecule has 0 aromatic rings. The molecule has 0 heterocycles. The van der Waals surface area contributed by atoms with Gasteiger partial charge in [-0.3, -0.25) is 4.79 Å². The van der Waals surface area contributed by atoms with Gasteiger partial charge in [0.25, 0.3) is 0 Å². The Labute approximate surface area is 158 Å². The van der Waals surface area contributed by atoms with Gasteiger partial charge < -0.3 is 15.2 Å². The Morgan fingerprint density at radius 3 is 2.27 bits per heavy atom. The van der Waals surface area contributed by atoms with E-state index in [2.05, 4.69) is 38.7 Å². The summed E-state index contributed by atoms with van der Waals surface area (Å²) >= 11 is 0. The summed E-state index contributed by atoms with van der Waals surface area (Å²) in [6, 6.07) is -0.765. The first-order valence-electron chi connectivity index (χ1n) is 9.29. The Kier molecular flexibility index (Phi) is 10.5. The zero-order valence-electron chi connectivity index (χ0n) is 17.3. The maximum Gasteiger partial charge on any atom is 0.328 e. The van der Waals surface area contributed by atoms with Crippen molar-refractivity contribution in [2.45, 2.75) is 66.8 Å². The first-order valence-corrected chi connectivity index (χ1v) is 9.29. The van der Waals surface area contributed by atoms with Gasteiger partial charge in [0.05, 0.1) is 6.61 Å². The molecule has 2 unspecified atom stereocenters. The minimum atomic E-state index is -0.765. The van der Waals surface area contributed by atoms with Crippen molar-refractivity contribution in [2.75, 3.05) is 13.2 Å². The normalized spacial score (nSPS) is 14.7. The van der Waals surface area contributed by atoms with E-state index in [0.29, 0.717) is 12.8 Å². The van der Waals surface area contributed by atoms with E-state index in [1.165, 1.54) is 0 Å². The van der Waals surface area contributed by atoms with Gasteiger partial charge in [-0.25, -0.2) is 4.79 Å². The monoisotopic (exact) mass is 367 g/mol. The van der Waals surface area contributed by atoms with Gasteiger partial charge in [-0.05, 0) is 37.5 Å². The minimum Gasteiger partial charge on any atom is -0.464 e. The molecular weight excluding hydrogens is 330 g/mol. The maximum atomic E-state index is 12.5. The third-order valence-corrected chi connectivity index (χ3v) is 5.20. The molecular formula is C21H37NO4. The predicted octanol–water partition coefficient (Wildman–Crippen LogP) is 3.63. The fourth-order valence-electron chi connectivity index (χ4n) is 2.08. The van der Waals surface area contributed by atoms with Crippen LogP contribution in [-0.4, -0.2) is 36.2 Å². The molecule has 0 aromatic carbocycles. The van der Waals surface area contributed by atoms with Crippen molar-refractivity contribution in [2.24, 2.45) is 16.7 Å². The molecule has 150 valence electrons. The molecule has 1 amide bonds. The molecule has 0 spiro atoms. The summed E-state index contributed by atoms with van der Waals surface area (Å²) in [4.78, 5) is 24.1. The second-order valence-electron chi connectivity index (χ2n) is 8.40. The van der Waals surface area contributed by atoms with Gasteiger partial charge in [0.1, 0.15) is 12.6 Å². The lowest BCUT2D eigenvalue weighted by atomic mass is 9.70. The quantitative estimate of drug-likeness (QED) is 0.432. The van der Waals surface area contributed by atoms with E-state index >= 15 is 0 Å². The molecule has 2 N–H and O–H groups in total. The van der Waals surface area contributed by atoms with Gasteiger partial charge in [-0.1, -0.05) is 52.8 Å². The molecule has 0 radical (unpaired) electrons. The molecule has 5 nitrogen and oxygen atoms in total. The number of amides is 1. The molecule has 26 heavy (non-hydrogen) atoms. The zero-order valence-corrected chi connectivity index (χ0v) is 17.3. The second kappa shape index (κ2) is 11.2. The van der Waals surface area contributed by atoms with Crippen LogP contribution in [0.1, 0.15) is 60.8 Å². The molecule has 2 atom stereocenters. The molecule has 0 saturated carbocycles. The lowest BCUT2D eigenvalue weighted by molar-refractivity contribution is -0.153. The maximum absolute atomic E-state index is 12.5. The molecule has 0 bridgehead atoms. The zero-order chi connectivity index (χ0) is 20.4. The van der Waals surface area contributed by atoms with Gasteiger partial charge in [-0.2, -0.15) is 0 Å². The predicted molar refractivity (Wildman–Crippen MR) is 106 cm³/mol. The third kappa shape index (κ3) is 8.65. The Balaban J connectivity index is 4.92. The Hall–Kier alpha value is -1.62. The number of hydrogen-bond donors (Lipinski definition) is 2. The van der Waals surface area contributed by atoms with Crippen LogP contribution in [0.2, 0.25) is 0 Å². The number of esters is 1. The fourth-order valence-corrected chi connectivity index (χ4v) is 2.08. The fraction of sp³-hybridized carbons (Fsp3) is 0.714. The van der Waals surface area contributed by atoms with Crippen LogP contribution in [0.4, 0.5) is 0 Å². The lowest BCUT2D eigenvalue weighted by Crippen LogP contribution is -2.45. The van der Waals surface area contributed by atoms with Crippen LogP contribution < -0.4 is 5.32 Å². The summed E-state index contributed by atoms with van der Waals surface area (Å²) in [6.45, 7) is 15.8. The van der Waals surface area contributed by atoms with E-state index in [9.17, 15) is 9.59 Å². The van der Waals surface area contributed by atoms with E-state index in [1.807, 2.05) is 32.9 Å². The summed E-state index contributed by atoms with van der Waals surface area (Å²) in [5, 5.41) is 11.5. The Morgan fingerprint density at radius 1 is 1.19 bits per heavy atom. The third-order valence-electron chi connectivity index (χ3n) is 5.20. The van der Waals surface area contributed by atoms with Crippen LogP contribution in [0.5, 0.6) is 0 Å². The molecule has 0 rings (SSSR count). The number of hydrogen-bond acceptors (Lipinski definition) is 4. The highest BCUT2D eigenvalue weighted by molar-refractivity contribution is 5.84. The lowest BCUT2D eigenvalue weighted by Gasteiger charge is -2.38. The van der Waals surface area contributed by atoms with Crippen molar-refractivity contribution in [1.82, 2.24) is 5.32 Å². The summed E-state index contributed by atoms with van der Waals surface area (Å²) in [5.41, 5.74) is -0.235. The first-order chi connectivity index (χ1) is 12.0. The average molecular weight is 368 g/mol. The van der Waals surface area contributed by atoms with Crippen molar-refractivity contribution >= 4 is 11.9 Å². The van der Waals surface area contributed by atoms with Crippen molar-refractivity contribution in [3.8, 4) is 0 Å². The standard InChI is InChI=1S/C21H37NO4/c1-8-10-11-16(9-2)12-13-17(22-18(24)14-23)19(25)26-15-21(6,7)20(3,4)5/h8-10,16-17,23H,2,11-15H2,1,3-7H3,(H,22,24)/b10-8-. The van der Waals surface area contributed by atoms with Gasteiger partial charge in [-0.15, -0.1) is 6.58 Å². The topological polar surface area (TPSA) is 75.6 Å². The van der Waals surface area contributed by atoms with Crippen molar-refractivity contribution in [3.05, 3.63) is 24.8 Å². The van der Waals surface area contributed by atoms with E-state index in [4.69, 9.17) is 9.84 Å². The number of ether oxygens (including phenoxy) is 1. The van der Waals surface area contributed by atoms with E-state index in [-0.39, 0.29) is 23.4 Å². The van der Waals surface area contributed by atoms with E-state index in [0.717, 1.165) is 6.42 Å². The minimum absolute atomic E-state index is 0.0302. The number of allylic oxidation sites excluding steroid dienone is 3. The summed E-state index contributed by atoms with van der Waals surface area (Å²) in [6.07, 6.45) is 7.87. The number of carbonyl (C=O) groups excluding carboxylic acids is 2. The summed E-state index contributed by atoms with van der Waals surface area (Å²) in [7, 11) is 0. The molecule has 0 saturated heterocycles. The van der Waals surface area contributed by atoms with Crippen LogP contribution >= 0.6 is 0 Å². The largest absolute Gasteiger partial charge is 0.464 e. The van der Waals surface area contributed by atoms with E-state index in [1.54, 1.807) is 0 Å². The van der Waals surface area contributed by atoms with Gasteiger partial charge in [0.2, 0.25) is 5.91 Å². The van der Waals surface area contributed by atoms with Crippen LogP contribution in [0.3, 0.4) is 0 Å². The van der Waals surface area contributed by atoms with Crippen LogP contribution in [0.25, 0.3) is 0 Å². The van der Waals surface area contributed by atoms with Gasteiger partial charge in [0.15, 0.2) is 0 Å². The molecule has 0 aliphatic rings. The SMILES string of the molecule is C=CC(C/C=C\C)CCC(NC(=O)CO)C(=O)OCC(C)(C)C(C)(C)C. The van der Waals surface area contributed by atoms with Crippen LogP contribution in [0, 0.1) is 16.7 Å². The summed E-state index contributed by atoms with van der Waals surface area (Å²) in [5.74, 6) is -0.817. The second-order valence-corrected chi connectivity index (χ2v) is 8.40. The highest BCUT2D eigenvalue weighted by Crippen LogP contribution is 2.38. The average Bonchev–Trinajstić information content (AvgIpc) is 2.57. The van der Waals surface area contributed by atoms with Crippen molar-refractivity contribution < 1.29 is 19.4 Å². The Bertz CT molecular complexity index is 489. The highest BCUT2D eigenvalue weighted by atomic mass is 16.5. The van der Waals surface area contributed by atoms with Crippen LogP contribution in [-0.2, 0) is 14.3 Å². The molecule has 0 aliphatic heterocycles. The van der Waals surface area contributed by atoms with Crippen molar-refractivity contribution in [1.29, 1.82) is 0 Å². The Morgan fingerprint density at radius 2 is 1.81 bits per heavy atom. The molecule has 0 aromatic heterocycles. The van der Waals surface area contributed by atoms with E-state index < -0.39 is 24.5 Å². The summed E-state index contributed by atoms with van der Waals surface area (Å²) < 4.78 is 5.51. The number of nitrogens with one attached hydrogen (secondary N) is 1. The number of aliphatic hydroxyl groups excluding tert-OH is 1. The molecule has 5 heteroatoms. The highest BCUT2D eigenvalue weighted by Gasteiger charge is 2.35. The van der Waals surface area contributed by atoms with Gasteiger partial charge >= 0.3 is 5.97 Å². The number of aliphatic hydroxyl groups is 1. The van der Waals surface area contributed by atoms with Crippen molar-refractivity contribution in [3.63, 3.8) is 0 Å². The van der Waals surface area contributed by atoms with Gasteiger partial charge in [0, 0.05) is 5.41 Å². The first kappa shape index (κ1) is 24.4. The smallest absolute Gasteiger partial charge is 0.328 e. The molecule has 0 aliphatic carbocycles. The number of carbonyl (C=O) groups is 2.